The van der Waals surface area contributed by atoms with Crippen LogP contribution in [0.15, 0.2) is 79.0 Å². The number of rotatable bonds is 8. The zero-order valence-electron chi connectivity index (χ0n) is 23.6. The third-order valence-corrected chi connectivity index (χ3v) is 7.43. The van der Waals surface area contributed by atoms with E-state index in [9.17, 15) is 35.9 Å². The average Bonchev–Trinajstić information content (AvgIpc) is 3.39. The Labute approximate surface area is 260 Å². The molecule has 0 spiro atoms. The molecule has 2 amide bonds. The molecule has 4 aromatic rings. The lowest BCUT2D eigenvalue weighted by atomic mass is 9.98. The van der Waals surface area contributed by atoms with Crippen molar-refractivity contribution in [2.45, 2.75) is 31.4 Å². The number of carbonyl (C=O) groups is 2. The molecule has 45 heavy (non-hydrogen) atoms. The van der Waals surface area contributed by atoms with Crippen LogP contribution in [-0.2, 0) is 35.0 Å². The summed E-state index contributed by atoms with van der Waals surface area (Å²) < 4.78 is 81.2. The van der Waals surface area contributed by atoms with E-state index in [-0.39, 0.29) is 57.7 Å². The van der Waals surface area contributed by atoms with Crippen LogP contribution >= 0.6 is 12.4 Å². The molecule has 2 N–H and O–H groups in total. The van der Waals surface area contributed by atoms with Crippen LogP contribution in [0.1, 0.15) is 32.6 Å². The van der Waals surface area contributed by atoms with Gasteiger partial charge < -0.3 is 9.88 Å². The van der Waals surface area contributed by atoms with E-state index in [1.807, 2.05) is 54.6 Å². The van der Waals surface area contributed by atoms with E-state index in [0.29, 0.717) is 12.1 Å². The fraction of sp³-hybridized carbons (Fsp3) is 0.290. The maximum Gasteiger partial charge on any atom is 0.416 e. The molecule has 1 aliphatic heterocycles. The first-order valence-corrected chi connectivity index (χ1v) is 13.7. The van der Waals surface area contributed by atoms with Gasteiger partial charge in [0.05, 0.1) is 24.3 Å². The number of aromatic nitrogens is 1. The van der Waals surface area contributed by atoms with Gasteiger partial charge in [-0.25, -0.2) is 5.48 Å². The van der Waals surface area contributed by atoms with Crippen molar-refractivity contribution in [2.24, 2.45) is 0 Å². The Morgan fingerprint density at radius 2 is 1.53 bits per heavy atom. The van der Waals surface area contributed by atoms with Gasteiger partial charge in [0, 0.05) is 48.3 Å². The molecule has 1 atom stereocenters. The first kappa shape index (κ1) is 33.8. The number of nitrogens with zero attached hydrogens (tertiary/aromatic N) is 2. The second kappa shape index (κ2) is 13.9. The molecule has 0 bridgehead atoms. The van der Waals surface area contributed by atoms with Crippen molar-refractivity contribution in [3.05, 3.63) is 107 Å². The van der Waals surface area contributed by atoms with Gasteiger partial charge in [-0.15, -0.1) is 12.4 Å². The summed E-state index contributed by atoms with van der Waals surface area (Å²) in [6, 6.07) is 16.8. The van der Waals surface area contributed by atoms with Gasteiger partial charge in [-0.1, -0.05) is 48.5 Å². The van der Waals surface area contributed by atoms with E-state index in [1.165, 1.54) is 4.90 Å². The summed E-state index contributed by atoms with van der Waals surface area (Å²) in [5.74, 6) is -1.40. The van der Waals surface area contributed by atoms with Crippen molar-refractivity contribution in [2.75, 3.05) is 26.2 Å². The highest BCUT2D eigenvalue weighted by Gasteiger charge is 2.39. The lowest BCUT2D eigenvalue weighted by Crippen LogP contribution is -2.57. The number of para-hydroxylation sites is 1. The summed E-state index contributed by atoms with van der Waals surface area (Å²) in [7, 11) is 0. The number of benzene rings is 3. The lowest BCUT2D eigenvalue weighted by Gasteiger charge is -2.41. The van der Waals surface area contributed by atoms with Crippen LogP contribution in [0.3, 0.4) is 0 Å². The summed E-state index contributed by atoms with van der Waals surface area (Å²) >= 11 is 0. The van der Waals surface area contributed by atoms with Gasteiger partial charge in [0.2, 0.25) is 0 Å². The van der Waals surface area contributed by atoms with E-state index in [1.54, 1.807) is 11.1 Å². The fourth-order valence-corrected chi connectivity index (χ4v) is 5.31. The molecule has 0 unspecified atom stereocenters. The van der Waals surface area contributed by atoms with Gasteiger partial charge in [-0.2, -0.15) is 26.3 Å². The van der Waals surface area contributed by atoms with Crippen LogP contribution < -0.4 is 5.48 Å². The van der Waals surface area contributed by atoms with Gasteiger partial charge in [-0.3, -0.25) is 19.3 Å². The molecule has 1 aromatic heterocycles. The monoisotopic (exact) mass is 654 g/mol. The molecule has 3 aromatic carbocycles. The minimum Gasteiger partial charge on any atom is -0.361 e. The summed E-state index contributed by atoms with van der Waals surface area (Å²) in [5.41, 5.74) is 1.04. The van der Waals surface area contributed by atoms with Gasteiger partial charge >= 0.3 is 12.4 Å². The van der Waals surface area contributed by atoms with Crippen molar-refractivity contribution < 1.29 is 40.8 Å². The van der Waals surface area contributed by atoms with Crippen LogP contribution in [0.2, 0.25) is 0 Å². The molecule has 0 aliphatic carbocycles. The topological polar surface area (TPSA) is 77.7 Å². The number of hydrogen-bond acceptors (Lipinski definition) is 4. The number of nitrogens with one attached hydrogen (secondary N) is 2. The van der Waals surface area contributed by atoms with Crippen molar-refractivity contribution in [1.82, 2.24) is 20.3 Å². The van der Waals surface area contributed by atoms with Crippen LogP contribution in [0, 0.1) is 0 Å². The second-order valence-electron chi connectivity index (χ2n) is 10.5. The lowest BCUT2D eigenvalue weighted by molar-refractivity contribution is -0.143. The van der Waals surface area contributed by atoms with Crippen LogP contribution in [-0.4, -0.2) is 58.8 Å². The standard InChI is InChI=1S/C31H28F6N4O3.ClH/c32-30(33,34)23-12-21(13-24(15-23)31(35,36)37)29(43)41-11-10-40(18-28(42)39-44-19-20-6-2-1-3-7-20)17-25(41)14-22-16-38-27-9-5-4-8-26(22)27;/h1-9,12-13,15-16,25,38H,10-11,14,17-19H2,(H,39,42);1H/t25-;/m1./s1. The Morgan fingerprint density at radius 1 is 0.889 bits per heavy atom. The van der Waals surface area contributed by atoms with Crippen molar-refractivity contribution in [3.8, 4) is 0 Å². The number of hydrogen-bond donors (Lipinski definition) is 2. The third kappa shape index (κ3) is 8.35. The molecule has 1 fully saturated rings. The first-order valence-electron chi connectivity index (χ1n) is 13.7. The first-order chi connectivity index (χ1) is 20.9. The predicted molar refractivity (Wildman–Crippen MR) is 156 cm³/mol. The Bertz CT molecular complexity index is 1590. The zero-order valence-corrected chi connectivity index (χ0v) is 24.4. The summed E-state index contributed by atoms with van der Waals surface area (Å²) in [5, 5.41) is 0.863. The molecule has 2 heterocycles. The minimum atomic E-state index is -5.09. The van der Waals surface area contributed by atoms with E-state index < -0.39 is 46.9 Å². The number of carbonyl (C=O) groups excluding carboxylic acids is 2. The number of fused-ring (bicyclic) bond motifs is 1. The van der Waals surface area contributed by atoms with E-state index >= 15 is 0 Å². The Kier molecular flexibility index (Phi) is 10.5. The molecule has 0 saturated carbocycles. The molecule has 5 rings (SSSR count). The molecule has 1 aliphatic rings. The number of H-pyrrole nitrogens is 1. The largest absolute Gasteiger partial charge is 0.416 e. The number of aromatic amines is 1. The maximum absolute atomic E-state index is 13.6. The summed E-state index contributed by atoms with van der Waals surface area (Å²) in [6.07, 6.45) is -8.19. The smallest absolute Gasteiger partial charge is 0.361 e. The Morgan fingerprint density at radius 3 is 2.20 bits per heavy atom. The molecule has 7 nitrogen and oxygen atoms in total. The molecule has 0 radical (unpaired) electrons. The highest BCUT2D eigenvalue weighted by Crippen LogP contribution is 2.37. The second-order valence-corrected chi connectivity index (χ2v) is 10.5. The summed E-state index contributed by atoms with van der Waals surface area (Å²) in [4.78, 5) is 37.7. The maximum atomic E-state index is 13.6. The predicted octanol–water partition coefficient (Wildman–Crippen LogP) is 6.24. The highest BCUT2D eigenvalue weighted by molar-refractivity contribution is 5.95. The number of piperazine rings is 1. The molecule has 1 saturated heterocycles. The zero-order chi connectivity index (χ0) is 31.5. The normalized spacial score (nSPS) is 16.0. The number of alkyl halides is 6. The number of amides is 2. The third-order valence-electron chi connectivity index (χ3n) is 7.43. The quantitative estimate of drug-likeness (QED) is 0.174. The van der Waals surface area contributed by atoms with Crippen LogP contribution in [0.5, 0.6) is 0 Å². The van der Waals surface area contributed by atoms with E-state index in [4.69, 9.17) is 4.84 Å². The number of halogens is 7. The van der Waals surface area contributed by atoms with Crippen LogP contribution in [0.25, 0.3) is 10.9 Å². The van der Waals surface area contributed by atoms with Gasteiger partial charge in [-0.05, 0) is 41.8 Å². The number of hydroxylamine groups is 1. The SMILES string of the molecule is Cl.O=C(CN1CCN(C(=O)c2cc(C(F)(F)F)cc(C(F)(F)F)c2)[C@H](Cc2c[nH]c3ccccc23)C1)NOCc1ccccc1. The highest BCUT2D eigenvalue weighted by atomic mass is 35.5. The van der Waals surface area contributed by atoms with Crippen molar-refractivity contribution >= 4 is 35.1 Å². The van der Waals surface area contributed by atoms with Crippen molar-refractivity contribution in [3.63, 3.8) is 0 Å². The molecule has 240 valence electrons. The molecular formula is C31H29ClF6N4O3. The fourth-order valence-electron chi connectivity index (χ4n) is 5.31. The van der Waals surface area contributed by atoms with E-state index in [2.05, 4.69) is 10.5 Å². The van der Waals surface area contributed by atoms with Gasteiger partial charge in [0.1, 0.15) is 0 Å². The van der Waals surface area contributed by atoms with Crippen molar-refractivity contribution in [1.29, 1.82) is 0 Å². The Balaban J connectivity index is 0.00000461. The molecular weight excluding hydrogens is 626 g/mol. The molecule has 14 heteroatoms. The average molecular weight is 655 g/mol. The summed E-state index contributed by atoms with van der Waals surface area (Å²) in [6.45, 7) is 0.329. The van der Waals surface area contributed by atoms with Gasteiger partial charge in [0.25, 0.3) is 11.8 Å². The van der Waals surface area contributed by atoms with E-state index in [0.717, 1.165) is 22.0 Å². The van der Waals surface area contributed by atoms with Crippen LogP contribution in [0.4, 0.5) is 26.3 Å². The minimum absolute atomic E-state index is 0. The Hall–Kier alpha value is -4.07. The van der Waals surface area contributed by atoms with Gasteiger partial charge in [0.15, 0.2) is 0 Å².